The van der Waals surface area contributed by atoms with Crippen LogP contribution in [-0.2, 0) is 6.61 Å². The van der Waals surface area contributed by atoms with Crippen molar-refractivity contribution in [1.29, 1.82) is 0 Å². The third-order valence-electron chi connectivity index (χ3n) is 3.65. The van der Waals surface area contributed by atoms with Gasteiger partial charge < -0.3 is 9.67 Å². The second kappa shape index (κ2) is 4.35. The van der Waals surface area contributed by atoms with Crippen LogP contribution in [0.4, 0.5) is 0 Å². The molecule has 3 nitrogen and oxygen atoms in total. The van der Waals surface area contributed by atoms with Crippen molar-refractivity contribution in [3.63, 3.8) is 0 Å². The summed E-state index contributed by atoms with van der Waals surface area (Å²) in [5, 5.41) is 9.22. The molecule has 0 amide bonds. The maximum absolute atomic E-state index is 9.22. The first-order valence-electron chi connectivity index (χ1n) is 5.84. The molecule has 3 unspecified atom stereocenters. The Morgan fingerprint density at radius 1 is 1.47 bits per heavy atom. The lowest BCUT2D eigenvalue weighted by Crippen LogP contribution is -2.25. The first kappa shape index (κ1) is 10.7. The summed E-state index contributed by atoms with van der Waals surface area (Å²) in [6.07, 6.45) is 7.42. The predicted molar refractivity (Wildman–Crippen MR) is 59.4 cm³/mol. The minimum Gasteiger partial charge on any atom is -0.390 e. The zero-order valence-electron chi connectivity index (χ0n) is 9.56. The Morgan fingerprint density at radius 2 is 2.27 bits per heavy atom. The molecule has 3 atom stereocenters. The summed E-state index contributed by atoms with van der Waals surface area (Å²) in [6.45, 7) is 4.73. The van der Waals surface area contributed by atoms with Crippen LogP contribution >= 0.6 is 0 Å². The summed E-state index contributed by atoms with van der Waals surface area (Å²) in [7, 11) is 0. The molecule has 0 bridgehead atoms. The minimum absolute atomic E-state index is 0.0960. The summed E-state index contributed by atoms with van der Waals surface area (Å²) in [5.74, 6) is 1.53. The zero-order chi connectivity index (χ0) is 10.8. The van der Waals surface area contributed by atoms with E-state index >= 15 is 0 Å². The Morgan fingerprint density at radius 3 is 2.93 bits per heavy atom. The Kier molecular flexibility index (Phi) is 3.10. The largest absolute Gasteiger partial charge is 0.390 e. The SMILES string of the molecule is CC1CCC(n2cncc2CO)C(C)C1. The molecule has 1 aromatic heterocycles. The number of aromatic nitrogens is 2. The van der Waals surface area contributed by atoms with Crippen molar-refractivity contribution in [3.8, 4) is 0 Å². The van der Waals surface area contributed by atoms with E-state index in [2.05, 4.69) is 23.4 Å². The summed E-state index contributed by atoms with van der Waals surface area (Å²) in [6, 6.07) is 0.533. The average Bonchev–Trinajstić information content (AvgIpc) is 2.65. The highest BCUT2D eigenvalue weighted by Crippen LogP contribution is 2.37. The van der Waals surface area contributed by atoms with E-state index in [1.54, 1.807) is 6.20 Å². The topological polar surface area (TPSA) is 38.0 Å². The average molecular weight is 208 g/mol. The molecule has 15 heavy (non-hydrogen) atoms. The van der Waals surface area contributed by atoms with Crippen molar-refractivity contribution in [2.45, 2.75) is 45.8 Å². The van der Waals surface area contributed by atoms with E-state index < -0.39 is 0 Å². The lowest BCUT2D eigenvalue weighted by Gasteiger charge is -2.34. The van der Waals surface area contributed by atoms with E-state index in [1.807, 2.05) is 6.33 Å². The fraction of sp³-hybridized carbons (Fsp3) is 0.750. The van der Waals surface area contributed by atoms with Crippen LogP contribution in [0.25, 0.3) is 0 Å². The molecular formula is C12H20N2O. The standard InChI is InChI=1S/C12H20N2O/c1-9-3-4-12(10(2)5-9)14-8-13-6-11(14)7-15/h6,8-10,12,15H,3-5,7H2,1-2H3. The molecule has 1 aliphatic carbocycles. The molecular weight excluding hydrogens is 188 g/mol. The fourth-order valence-corrected chi connectivity index (χ4v) is 2.82. The van der Waals surface area contributed by atoms with Gasteiger partial charge in [-0.3, -0.25) is 0 Å². The van der Waals surface area contributed by atoms with Gasteiger partial charge in [0.2, 0.25) is 0 Å². The summed E-state index contributed by atoms with van der Waals surface area (Å²) in [5.41, 5.74) is 0.946. The molecule has 2 rings (SSSR count). The monoisotopic (exact) mass is 208 g/mol. The van der Waals surface area contributed by atoms with Gasteiger partial charge in [0.25, 0.3) is 0 Å². The highest BCUT2D eigenvalue weighted by Gasteiger charge is 2.27. The van der Waals surface area contributed by atoms with E-state index in [9.17, 15) is 5.11 Å². The maximum atomic E-state index is 9.22. The number of aliphatic hydroxyl groups is 1. The van der Waals surface area contributed by atoms with Crippen LogP contribution in [0.1, 0.15) is 44.8 Å². The van der Waals surface area contributed by atoms with Crippen LogP contribution in [0, 0.1) is 11.8 Å². The zero-order valence-corrected chi connectivity index (χ0v) is 9.56. The number of nitrogens with zero attached hydrogens (tertiary/aromatic N) is 2. The molecule has 3 heteroatoms. The van der Waals surface area contributed by atoms with Gasteiger partial charge >= 0.3 is 0 Å². The summed E-state index contributed by atoms with van der Waals surface area (Å²) >= 11 is 0. The van der Waals surface area contributed by atoms with Crippen LogP contribution < -0.4 is 0 Å². The van der Waals surface area contributed by atoms with Gasteiger partial charge in [-0.05, 0) is 31.1 Å². The van der Waals surface area contributed by atoms with Crippen LogP contribution in [-0.4, -0.2) is 14.7 Å². The van der Waals surface area contributed by atoms with Crippen molar-refractivity contribution in [2.24, 2.45) is 11.8 Å². The molecule has 1 heterocycles. The highest BCUT2D eigenvalue weighted by molar-refractivity contribution is 5.00. The number of rotatable bonds is 2. The van der Waals surface area contributed by atoms with E-state index in [0.29, 0.717) is 12.0 Å². The molecule has 1 aliphatic rings. The number of hydrogen-bond acceptors (Lipinski definition) is 2. The fourth-order valence-electron chi connectivity index (χ4n) is 2.82. The second-order valence-electron chi connectivity index (χ2n) is 4.91. The van der Waals surface area contributed by atoms with Crippen molar-refractivity contribution in [3.05, 3.63) is 18.2 Å². The third-order valence-corrected chi connectivity index (χ3v) is 3.65. The Labute approximate surface area is 91.1 Å². The van der Waals surface area contributed by atoms with Crippen LogP contribution in [0.15, 0.2) is 12.5 Å². The van der Waals surface area contributed by atoms with E-state index in [1.165, 1.54) is 19.3 Å². The van der Waals surface area contributed by atoms with E-state index in [0.717, 1.165) is 11.6 Å². The van der Waals surface area contributed by atoms with Crippen molar-refractivity contribution in [2.75, 3.05) is 0 Å². The molecule has 1 saturated carbocycles. The number of imidazole rings is 1. The van der Waals surface area contributed by atoms with Gasteiger partial charge in [-0.1, -0.05) is 13.8 Å². The van der Waals surface area contributed by atoms with Gasteiger partial charge in [-0.25, -0.2) is 4.98 Å². The predicted octanol–water partition coefficient (Wildman–Crippen LogP) is 2.37. The van der Waals surface area contributed by atoms with Gasteiger partial charge in [-0.2, -0.15) is 0 Å². The number of hydrogen-bond donors (Lipinski definition) is 1. The van der Waals surface area contributed by atoms with Crippen LogP contribution in [0.3, 0.4) is 0 Å². The summed E-state index contributed by atoms with van der Waals surface area (Å²) in [4.78, 5) is 4.12. The van der Waals surface area contributed by atoms with Crippen molar-refractivity contribution < 1.29 is 5.11 Å². The van der Waals surface area contributed by atoms with Gasteiger partial charge in [0.05, 0.1) is 24.8 Å². The van der Waals surface area contributed by atoms with Crippen molar-refractivity contribution in [1.82, 2.24) is 9.55 Å². The minimum atomic E-state index is 0.0960. The van der Waals surface area contributed by atoms with Gasteiger partial charge in [0.15, 0.2) is 0 Å². The van der Waals surface area contributed by atoms with Crippen molar-refractivity contribution >= 4 is 0 Å². The molecule has 0 spiro atoms. The van der Waals surface area contributed by atoms with Crippen LogP contribution in [0.2, 0.25) is 0 Å². The smallest absolute Gasteiger partial charge is 0.0951 e. The molecule has 0 aromatic carbocycles. The van der Waals surface area contributed by atoms with Gasteiger partial charge in [-0.15, -0.1) is 0 Å². The molecule has 1 aromatic rings. The van der Waals surface area contributed by atoms with Crippen LogP contribution in [0.5, 0.6) is 0 Å². The van der Waals surface area contributed by atoms with E-state index in [4.69, 9.17) is 0 Å². The van der Waals surface area contributed by atoms with Gasteiger partial charge in [0, 0.05) is 6.04 Å². The Hall–Kier alpha value is -0.830. The lowest BCUT2D eigenvalue weighted by molar-refractivity contribution is 0.193. The third kappa shape index (κ3) is 2.07. The first-order chi connectivity index (χ1) is 7.22. The second-order valence-corrected chi connectivity index (χ2v) is 4.91. The molecule has 0 aliphatic heterocycles. The number of aliphatic hydroxyl groups excluding tert-OH is 1. The molecule has 1 N–H and O–H groups in total. The lowest BCUT2D eigenvalue weighted by atomic mass is 9.79. The van der Waals surface area contributed by atoms with Gasteiger partial charge in [0.1, 0.15) is 0 Å². The molecule has 84 valence electrons. The molecule has 0 radical (unpaired) electrons. The molecule has 1 fully saturated rings. The highest BCUT2D eigenvalue weighted by atomic mass is 16.3. The summed E-state index contributed by atoms with van der Waals surface area (Å²) < 4.78 is 2.16. The molecule has 0 saturated heterocycles. The normalized spacial score (nSPS) is 31.8. The Balaban J connectivity index is 2.16. The Bertz CT molecular complexity index is 321. The quantitative estimate of drug-likeness (QED) is 0.810. The first-order valence-corrected chi connectivity index (χ1v) is 5.84. The maximum Gasteiger partial charge on any atom is 0.0951 e. The van der Waals surface area contributed by atoms with E-state index in [-0.39, 0.29) is 6.61 Å².